The molecule has 2 aromatic carbocycles. The van der Waals surface area contributed by atoms with E-state index in [1.807, 2.05) is 26.0 Å². The number of ether oxygens (including phenoxy) is 4. The molecule has 2 amide bonds. The predicted molar refractivity (Wildman–Crippen MR) is 158 cm³/mol. The number of alkyl halides is 3. The second kappa shape index (κ2) is 12.3. The molecule has 1 saturated heterocycles. The average molecular weight is 643 g/mol. The average Bonchev–Trinajstić information content (AvgIpc) is 3.77. The summed E-state index contributed by atoms with van der Waals surface area (Å²) in [5.74, 6) is -1.04. The van der Waals surface area contributed by atoms with E-state index in [4.69, 9.17) is 18.9 Å². The zero-order valence-corrected chi connectivity index (χ0v) is 25.9. The summed E-state index contributed by atoms with van der Waals surface area (Å²) in [7, 11) is 1.31. The van der Waals surface area contributed by atoms with Gasteiger partial charge < -0.3 is 29.2 Å². The van der Waals surface area contributed by atoms with Gasteiger partial charge in [-0.2, -0.15) is 13.2 Å². The Kier molecular flexibility index (Phi) is 8.51. The third kappa shape index (κ3) is 6.06. The van der Waals surface area contributed by atoms with E-state index in [2.05, 4.69) is 5.32 Å². The number of halogens is 3. The van der Waals surface area contributed by atoms with Crippen LogP contribution in [0, 0.1) is 23.2 Å². The SMILES string of the molecule is COC(=O)[C@]12C[C@H](CC(=O)NCc3cccc(C(F)(F)F)c3)C(=O)N(Cc3ccc4c(c3)OCO4)C1=C[C@H](C(C)C)O[C@@H]2C1CC1. The van der Waals surface area contributed by atoms with Crippen LogP contribution < -0.4 is 14.8 Å². The molecule has 246 valence electrons. The van der Waals surface area contributed by atoms with Gasteiger partial charge in [0.05, 0.1) is 31.4 Å². The lowest BCUT2D eigenvalue weighted by Crippen LogP contribution is -2.61. The molecule has 4 aliphatic rings. The quantitative estimate of drug-likeness (QED) is 0.367. The molecule has 4 atom stereocenters. The second-order valence-corrected chi connectivity index (χ2v) is 12.8. The Morgan fingerprint density at radius 1 is 1.09 bits per heavy atom. The van der Waals surface area contributed by atoms with Gasteiger partial charge in [-0.15, -0.1) is 0 Å². The van der Waals surface area contributed by atoms with Crippen LogP contribution in [-0.4, -0.2) is 48.8 Å². The van der Waals surface area contributed by atoms with E-state index in [1.54, 1.807) is 17.0 Å². The molecular formula is C34H37F3N2O7. The molecule has 0 unspecified atom stereocenters. The summed E-state index contributed by atoms with van der Waals surface area (Å²) < 4.78 is 62.7. The zero-order valence-electron chi connectivity index (χ0n) is 25.9. The molecule has 9 nitrogen and oxygen atoms in total. The molecule has 2 fully saturated rings. The fraction of sp³-hybridized carbons (Fsp3) is 0.500. The monoisotopic (exact) mass is 642 g/mol. The highest BCUT2D eigenvalue weighted by Gasteiger charge is 2.63. The van der Waals surface area contributed by atoms with E-state index >= 15 is 0 Å². The van der Waals surface area contributed by atoms with Gasteiger partial charge in [-0.25, -0.2) is 0 Å². The van der Waals surface area contributed by atoms with Crippen molar-refractivity contribution in [2.75, 3.05) is 13.9 Å². The van der Waals surface area contributed by atoms with Gasteiger partial charge >= 0.3 is 12.1 Å². The van der Waals surface area contributed by atoms with Gasteiger partial charge in [0.2, 0.25) is 18.6 Å². The van der Waals surface area contributed by atoms with Crippen LogP contribution in [0.4, 0.5) is 13.2 Å². The minimum Gasteiger partial charge on any atom is -0.468 e. The minimum atomic E-state index is -4.52. The molecule has 3 aliphatic heterocycles. The third-order valence-electron chi connectivity index (χ3n) is 9.25. The van der Waals surface area contributed by atoms with Crippen LogP contribution >= 0.6 is 0 Å². The molecule has 2 aromatic rings. The Morgan fingerprint density at radius 3 is 2.54 bits per heavy atom. The number of carbonyl (C=O) groups excluding carboxylic acids is 3. The first-order valence-corrected chi connectivity index (χ1v) is 15.5. The number of methoxy groups -OCH3 is 1. The summed E-state index contributed by atoms with van der Waals surface area (Å²) in [4.78, 5) is 43.1. The largest absolute Gasteiger partial charge is 0.468 e. The van der Waals surface area contributed by atoms with Gasteiger partial charge in [-0.1, -0.05) is 32.0 Å². The first-order chi connectivity index (χ1) is 21.9. The van der Waals surface area contributed by atoms with Gasteiger partial charge in [0.1, 0.15) is 5.41 Å². The fourth-order valence-corrected chi connectivity index (χ4v) is 6.79. The number of amides is 2. The van der Waals surface area contributed by atoms with Gasteiger partial charge in [0.15, 0.2) is 11.5 Å². The molecule has 3 heterocycles. The number of esters is 1. The van der Waals surface area contributed by atoms with Crippen LogP contribution in [0.2, 0.25) is 0 Å². The molecule has 0 spiro atoms. The summed E-state index contributed by atoms with van der Waals surface area (Å²) in [5.41, 5.74) is -0.624. The van der Waals surface area contributed by atoms with Crippen molar-refractivity contribution < 1.29 is 46.5 Å². The highest BCUT2D eigenvalue weighted by Crippen LogP contribution is 2.57. The van der Waals surface area contributed by atoms with Crippen molar-refractivity contribution in [1.82, 2.24) is 10.2 Å². The molecule has 12 heteroatoms. The number of fused-ring (bicyclic) bond motifs is 2. The van der Waals surface area contributed by atoms with Crippen molar-refractivity contribution in [3.05, 3.63) is 70.9 Å². The number of nitrogens with zero attached hydrogens (tertiary/aromatic N) is 1. The maximum Gasteiger partial charge on any atom is 0.416 e. The molecule has 0 aromatic heterocycles. The van der Waals surface area contributed by atoms with E-state index in [0.29, 0.717) is 17.2 Å². The Hall–Kier alpha value is -4.06. The highest BCUT2D eigenvalue weighted by atomic mass is 19.4. The third-order valence-corrected chi connectivity index (χ3v) is 9.25. The molecule has 46 heavy (non-hydrogen) atoms. The number of hydrogen-bond donors (Lipinski definition) is 1. The van der Waals surface area contributed by atoms with Crippen LogP contribution in [0.3, 0.4) is 0 Å². The highest BCUT2D eigenvalue weighted by molar-refractivity contribution is 5.93. The summed E-state index contributed by atoms with van der Waals surface area (Å²) in [6.45, 7) is 4.07. The smallest absolute Gasteiger partial charge is 0.416 e. The van der Waals surface area contributed by atoms with E-state index in [-0.39, 0.29) is 62.1 Å². The number of piperidine rings is 1. The summed E-state index contributed by atoms with van der Waals surface area (Å²) in [5, 5.41) is 2.66. The van der Waals surface area contributed by atoms with Crippen molar-refractivity contribution in [3.63, 3.8) is 0 Å². The first-order valence-electron chi connectivity index (χ1n) is 15.5. The summed E-state index contributed by atoms with van der Waals surface area (Å²) in [6.07, 6.45) is -2.11. The topological polar surface area (TPSA) is 103 Å². The van der Waals surface area contributed by atoms with Crippen molar-refractivity contribution in [2.45, 2.75) is 71.0 Å². The number of benzene rings is 2. The lowest BCUT2D eigenvalue weighted by molar-refractivity contribution is -0.182. The van der Waals surface area contributed by atoms with Gasteiger partial charge in [0.25, 0.3) is 0 Å². The maximum absolute atomic E-state index is 14.3. The van der Waals surface area contributed by atoms with Gasteiger partial charge in [-0.05, 0) is 72.6 Å². The zero-order chi connectivity index (χ0) is 32.8. The second-order valence-electron chi connectivity index (χ2n) is 12.8. The van der Waals surface area contributed by atoms with Gasteiger partial charge in [-0.3, -0.25) is 14.4 Å². The number of carbonyl (C=O) groups is 3. The number of likely N-dealkylation sites (tertiary alicyclic amines) is 1. The van der Waals surface area contributed by atoms with Crippen LogP contribution in [0.15, 0.2) is 54.2 Å². The van der Waals surface area contributed by atoms with E-state index < -0.39 is 41.1 Å². The van der Waals surface area contributed by atoms with Crippen molar-refractivity contribution in [2.24, 2.45) is 23.2 Å². The normalized spacial score (nSPS) is 25.6. The van der Waals surface area contributed by atoms with Crippen LogP contribution in [0.1, 0.15) is 56.2 Å². The van der Waals surface area contributed by atoms with Crippen LogP contribution in [0.25, 0.3) is 0 Å². The van der Waals surface area contributed by atoms with E-state index in [0.717, 1.165) is 30.5 Å². The van der Waals surface area contributed by atoms with Crippen molar-refractivity contribution in [1.29, 1.82) is 0 Å². The molecule has 0 bridgehead atoms. The lowest BCUT2D eigenvalue weighted by atomic mass is 9.64. The van der Waals surface area contributed by atoms with Gasteiger partial charge in [0, 0.05) is 24.6 Å². The van der Waals surface area contributed by atoms with Crippen molar-refractivity contribution >= 4 is 17.8 Å². The molecular weight excluding hydrogens is 605 g/mol. The molecule has 0 radical (unpaired) electrons. The fourth-order valence-electron chi connectivity index (χ4n) is 6.79. The molecule has 1 N–H and O–H groups in total. The Labute approximate surface area is 265 Å². The van der Waals surface area contributed by atoms with Crippen LogP contribution in [0.5, 0.6) is 11.5 Å². The summed E-state index contributed by atoms with van der Waals surface area (Å²) >= 11 is 0. The number of hydrogen-bond acceptors (Lipinski definition) is 7. The predicted octanol–water partition coefficient (Wildman–Crippen LogP) is 5.37. The minimum absolute atomic E-state index is 0.00490. The lowest BCUT2D eigenvalue weighted by Gasteiger charge is -2.53. The number of rotatable bonds is 9. The summed E-state index contributed by atoms with van der Waals surface area (Å²) in [6, 6.07) is 10.1. The molecule has 6 rings (SSSR count). The van der Waals surface area contributed by atoms with E-state index in [1.165, 1.54) is 19.2 Å². The Balaban J connectivity index is 1.33. The van der Waals surface area contributed by atoms with E-state index in [9.17, 15) is 27.6 Å². The maximum atomic E-state index is 14.3. The molecule has 1 saturated carbocycles. The molecule has 1 aliphatic carbocycles. The Morgan fingerprint density at radius 2 is 1.85 bits per heavy atom. The Bertz CT molecular complexity index is 1550. The van der Waals surface area contributed by atoms with Crippen molar-refractivity contribution in [3.8, 4) is 11.5 Å². The first kappa shape index (κ1) is 31.9. The standard InChI is InChI=1S/C34H37F3N2O7/c1-19(2)26-14-28-33(32(42)43-3,30(46-26)22-8-9-22)15-23(13-29(40)38-16-20-5-4-6-24(11-20)34(35,36)37)31(41)39(28)17-21-7-10-25-27(12-21)45-18-44-25/h4-7,10-12,14,19,22-23,26,30H,8-9,13,15-18H2,1-3H3,(H,38,40)/t23-,26+,30+,33+/m0/s1. The number of nitrogens with one attached hydrogen (secondary N) is 1. The van der Waals surface area contributed by atoms with Crippen LogP contribution in [-0.2, 0) is 43.1 Å².